The molecule has 0 radical (unpaired) electrons. The highest BCUT2D eigenvalue weighted by Gasteiger charge is 2.43. The maximum Gasteiger partial charge on any atom is 0.416 e. The number of benzene rings is 2. The van der Waals surface area contributed by atoms with E-state index in [2.05, 4.69) is 16.0 Å². The molecule has 15 nitrogen and oxygen atoms in total. The highest BCUT2D eigenvalue weighted by Crippen LogP contribution is 2.30. The Balaban J connectivity index is 0.000000369. The van der Waals surface area contributed by atoms with Gasteiger partial charge in [0.15, 0.2) is 0 Å². The van der Waals surface area contributed by atoms with Crippen LogP contribution in [0, 0.1) is 18.6 Å². The number of piperidine rings is 1. The van der Waals surface area contributed by atoms with Crippen LogP contribution >= 0.6 is 0 Å². The van der Waals surface area contributed by atoms with E-state index in [1.54, 1.807) is 37.6 Å². The average molecular weight is 898 g/mol. The van der Waals surface area contributed by atoms with Gasteiger partial charge in [-0.05, 0) is 115 Å². The van der Waals surface area contributed by atoms with E-state index < -0.39 is 59.6 Å². The largest absolute Gasteiger partial charge is 0.461 e. The molecule has 6 rings (SSSR count). The van der Waals surface area contributed by atoms with Crippen molar-refractivity contribution in [2.45, 2.75) is 122 Å². The first-order valence-corrected chi connectivity index (χ1v) is 20.9. The molecule has 5 atom stereocenters. The van der Waals surface area contributed by atoms with E-state index in [0.717, 1.165) is 31.0 Å². The molecule has 0 spiro atoms. The van der Waals surface area contributed by atoms with Crippen LogP contribution in [0.2, 0.25) is 0 Å². The number of amides is 6. The zero-order valence-electron chi connectivity index (χ0n) is 36.6. The summed E-state index contributed by atoms with van der Waals surface area (Å²) in [7, 11) is 1.67. The zero-order chi connectivity index (χ0) is 47.4. The quantitative estimate of drug-likeness (QED) is 0.195. The number of esters is 1. The second kappa shape index (κ2) is 26.1. The Morgan fingerprint density at radius 1 is 0.825 bits per heavy atom. The summed E-state index contributed by atoms with van der Waals surface area (Å²) in [6, 6.07) is 4.82. The summed E-state index contributed by atoms with van der Waals surface area (Å²) in [4.78, 5) is 89.8. The van der Waals surface area contributed by atoms with E-state index in [-0.39, 0.29) is 42.5 Å². The lowest BCUT2D eigenvalue weighted by Gasteiger charge is -2.38. The number of halogens is 5. The minimum atomic E-state index is -4.33. The van der Waals surface area contributed by atoms with Gasteiger partial charge in [-0.1, -0.05) is 13.8 Å². The number of ether oxygens (including phenoxy) is 1. The van der Waals surface area contributed by atoms with Gasteiger partial charge in [-0.3, -0.25) is 28.8 Å². The van der Waals surface area contributed by atoms with E-state index >= 15 is 0 Å². The third kappa shape index (κ3) is 16.9. The molecule has 5 N–H and O–H groups in total. The van der Waals surface area contributed by atoms with Crippen LogP contribution < -0.4 is 21.7 Å². The van der Waals surface area contributed by atoms with Crippen molar-refractivity contribution in [1.29, 1.82) is 0 Å². The number of hydrogen-bond acceptors (Lipinski definition) is 9. The third-order valence-electron chi connectivity index (χ3n) is 10.1. The number of aryl methyl sites for hydroxylation is 1. The fraction of sp³-hybridized carbons (Fsp3) is 0.558. The van der Waals surface area contributed by atoms with Gasteiger partial charge in [0.05, 0.1) is 18.5 Å². The molecule has 4 aliphatic rings. The van der Waals surface area contributed by atoms with Crippen molar-refractivity contribution in [1.82, 2.24) is 25.3 Å². The molecule has 2 aromatic rings. The normalized spacial score (nSPS) is 22.6. The molecule has 5 unspecified atom stereocenters. The van der Waals surface area contributed by atoms with Crippen molar-refractivity contribution in [3.63, 3.8) is 0 Å². The Labute approximate surface area is 364 Å². The minimum absolute atomic E-state index is 0.0174. The number of likely N-dealkylation sites (N-methyl/N-ethyl adjacent to an activating group) is 1. The fourth-order valence-electron chi connectivity index (χ4n) is 7.25. The van der Waals surface area contributed by atoms with E-state index in [4.69, 9.17) is 10.5 Å². The van der Waals surface area contributed by atoms with E-state index in [1.807, 2.05) is 13.8 Å². The average Bonchev–Trinajstić information content (AvgIpc) is 3.92. The highest BCUT2D eigenvalue weighted by molar-refractivity contribution is 5.95. The van der Waals surface area contributed by atoms with Crippen molar-refractivity contribution in [2.24, 2.45) is 5.73 Å². The van der Waals surface area contributed by atoms with Gasteiger partial charge in [-0.15, -0.1) is 0 Å². The van der Waals surface area contributed by atoms with Crippen LogP contribution in [0.5, 0.6) is 0 Å². The number of nitrogens with one attached hydrogen (secondary N) is 3. The Hall–Kier alpha value is -5.66. The van der Waals surface area contributed by atoms with Crippen LogP contribution in [0.15, 0.2) is 42.5 Å². The summed E-state index contributed by atoms with van der Waals surface area (Å²) < 4.78 is 66.0. The molecule has 63 heavy (non-hydrogen) atoms. The molecule has 4 heterocycles. The van der Waals surface area contributed by atoms with Gasteiger partial charge in [0.1, 0.15) is 41.9 Å². The smallest absolute Gasteiger partial charge is 0.416 e. The molecule has 6 amide bonds. The first-order chi connectivity index (χ1) is 29.8. The number of alkyl halides is 3. The summed E-state index contributed by atoms with van der Waals surface area (Å²) in [5, 5.41) is 7.61. The van der Waals surface area contributed by atoms with Crippen molar-refractivity contribution < 1.29 is 60.3 Å². The maximum atomic E-state index is 13.5. The molecule has 4 fully saturated rings. The van der Waals surface area contributed by atoms with E-state index in [0.29, 0.717) is 69.4 Å². The van der Waals surface area contributed by atoms with Gasteiger partial charge < -0.3 is 41.1 Å². The van der Waals surface area contributed by atoms with Crippen LogP contribution in [0.1, 0.15) is 90.2 Å². The number of nitrogens with two attached hydrogens (primary N) is 1. The van der Waals surface area contributed by atoms with Gasteiger partial charge in [-0.25, -0.2) is 13.6 Å². The number of fused-ring (bicyclic) bond motifs is 3. The highest BCUT2D eigenvalue weighted by atomic mass is 19.4. The second-order valence-corrected chi connectivity index (χ2v) is 14.9. The zero-order valence-corrected chi connectivity index (χ0v) is 36.6. The molecule has 2 aromatic carbocycles. The number of rotatable bonds is 4. The van der Waals surface area contributed by atoms with Crippen LogP contribution in [0.4, 0.5) is 27.6 Å². The summed E-state index contributed by atoms with van der Waals surface area (Å²) >= 11 is 0. The Morgan fingerprint density at radius 3 is 1.89 bits per heavy atom. The number of anilines is 1. The lowest BCUT2D eigenvalue weighted by molar-refractivity contribution is -0.160. The number of primary amides is 1. The van der Waals surface area contributed by atoms with Crippen LogP contribution in [-0.2, 0) is 44.5 Å². The molecule has 20 heteroatoms. The van der Waals surface area contributed by atoms with Gasteiger partial charge in [0.25, 0.3) is 0 Å². The topological polar surface area (TPSA) is 201 Å². The molecule has 0 aromatic heterocycles. The monoisotopic (exact) mass is 897 g/mol. The van der Waals surface area contributed by atoms with Crippen molar-refractivity contribution in [2.75, 3.05) is 38.5 Å². The van der Waals surface area contributed by atoms with E-state index in [1.165, 1.54) is 29.2 Å². The van der Waals surface area contributed by atoms with Crippen LogP contribution in [0.3, 0.4) is 0 Å². The summed E-state index contributed by atoms with van der Waals surface area (Å²) in [5.41, 5.74) is 4.91. The van der Waals surface area contributed by atoms with Crippen molar-refractivity contribution in [3.05, 3.63) is 65.2 Å². The second-order valence-electron chi connectivity index (χ2n) is 14.9. The minimum Gasteiger partial charge on any atom is -0.461 e. The third-order valence-corrected chi connectivity index (χ3v) is 10.1. The van der Waals surface area contributed by atoms with Crippen LogP contribution in [0.25, 0.3) is 0 Å². The molecular weight excluding hydrogens is 838 g/mol. The lowest BCUT2D eigenvalue weighted by Crippen LogP contribution is -2.59. The lowest BCUT2D eigenvalue weighted by atomic mass is 9.99. The fourth-order valence-corrected chi connectivity index (χ4v) is 7.25. The Morgan fingerprint density at radius 2 is 1.37 bits per heavy atom. The molecule has 0 saturated carbocycles. The van der Waals surface area contributed by atoms with Crippen molar-refractivity contribution >= 4 is 47.6 Å². The SMILES string of the molecule is CC.CC1CC(=O)N2CCCC2C(=O)N2CCCCC2C(=O)NC(C)C(=O)N2CCCC2C(=O)O1.CNCC(N)=O.Cc1cc(F)cc(F)c1.O=CNc1ccc(C(F)(F)F)cc1. The molecule has 4 saturated heterocycles. The standard InChI is InChI=1S/C23H34N4O6.C8H6F3NO.C7H6F2.C3H8N2O.C2H6/c1-14-13-19(28)25-11-5-8-17(25)22(31)26-10-4-3-7-16(26)20(29)24-15(2)21(30)27-12-6-9-18(27)23(32)33-14;9-8(10,11)6-1-3-7(4-2-6)12-5-13;1-5-2-6(8)4-7(9)3-5;1-5-2-3(4)6;1-2/h14-18H,3-13H2,1-2H3,(H,24,29);1-5H,(H,12,13);2-4H,1H3;5H,2H2,1H3,(H2,4,6);1-2H3. The number of carbonyl (C=O) groups excluding carboxylic acids is 7. The van der Waals surface area contributed by atoms with Gasteiger partial charge >= 0.3 is 12.1 Å². The first-order valence-electron chi connectivity index (χ1n) is 20.9. The number of nitrogens with zero attached hydrogens (tertiary/aromatic N) is 3. The van der Waals surface area contributed by atoms with E-state index in [9.17, 15) is 55.5 Å². The Bertz CT molecular complexity index is 1800. The number of carbonyl (C=O) groups is 7. The maximum absolute atomic E-state index is 13.5. The summed E-state index contributed by atoms with van der Waals surface area (Å²) in [5.74, 6) is -3.04. The van der Waals surface area contributed by atoms with Gasteiger partial charge in [0.2, 0.25) is 35.9 Å². The predicted octanol–water partition coefficient (Wildman–Crippen LogP) is 4.45. The molecule has 0 bridgehead atoms. The van der Waals surface area contributed by atoms with Gasteiger partial charge in [0, 0.05) is 31.4 Å². The molecule has 350 valence electrons. The molecule has 0 aliphatic carbocycles. The first kappa shape index (κ1) is 53.5. The molecular formula is C43H60F5N7O8. The van der Waals surface area contributed by atoms with Crippen LogP contribution in [-0.4, -0.2) is 120 Å². The van der Waals surface area contributed by atoms with Gasteiger partial charge in [-0.2, -0.15) is 13.2 Å². The molecule has 4 aliphatic heterocycles. The van der Waals surface area contributed by atoms with Crippen molar-refractivity contribution in [3.8, 4) is 0 Å². The number of cyclic esters (lactones) is 1. The summed E-state index contributed by atoms with van der Waals surface area (Å²) in [6.45, 7) is 10.5. The Kier molecular flexibility index (Phi) is 22.1. The number of hydrogen-bond donors (Lipinski definition) is 4. The summed E-state index contributed by atoms with van der Waals surface area (Å²) in [6.07, 6.45) is -0.0496. The predicted molar refractivity (Wildman–Crippen MR) is 223 cm³/mol.